The molecule has 5 nitrogen and oxygen atoms in total. The molecule has 5 heteroatoms. The Morgan fingerprint density at radius 3 is 2.71 bits per heavy atom. The zero-order valence-electron chi connectivity index (χ0n) is 15.2. The van der Waals surface area contributed by atoms with Crippen LogP contribution in [0.25, 0.3) is 5.65 Å². The Balaban J connectivity index is 1.81. The lowest BCUT2D eigenvalue weighted by Crippen LogP contribution is -2.14. The second-order valence-corrected chi connectivity index (χ2v) is 7.43. The number of aromatic nitrogens is 3. The van der Waals surface area contributed by atoms with Gasteiger partial charge in [0.05, 0.1) is 0 Å². The highest BCUT2D eigenvalue weighted by Crippen LogP contribution is 2.30. The summed E-state index contributed by atoms with van der Waals surface area (Å²) in [6.07, 6.45) is 6.78. The van der Waals surface area contributed by atoms with E-state index in [1.54, 1.807) is 0 Å². The molecule has 130 valence electrons. The molecule has 0 radical (unpaired) electrons. The van der Waals surface area contributed by atoms with E-state index in [0.29, 0.717) is 12.2 Å². The van der Waals surface area contributed by atoms with Gasteiger partial charge < -0.3 is 5.32 Å². The molecule has 1 amide bonds. The van der Waals surface area contributed by atoms with Crippen molar-refractivity contribution in [3.63, 3.8) is 0 Å². The van der Waals surface area contributed by atoms with E-state index in [-0.39, 0.29) is 11.8 Å². The summed E-state index contributed by atoms with van der Waals surface area (Å²) in [6.45, 7) is 8.24. The van der Waals surface area contributed by atoms with Crippen LogP contribution in [0.2, 0.25) is 0 Å². The summed E-state index contributed by atoms with van der Waals surface area (Å²) < 4.78 is 1.84. The minimum absolute atomic E-state index is 0.0709. The Labute approximate surface area is 143 Å². The molecule has 2 heterocycles. The van der Waals surface area contributed by atoms with E-state index in [4.69, 9.17) is 0 Å². The van der Waals surface area contributed by atoms with Gasteiger partial charge in [-0.3, -0.25) is 4.79 Å². The summed E-state index contributed by atoms with van der Waals surface area (Å²) in [4.78, 5) is 17.0. The second kappa shape index (κ2) is 6.91. The lowest BCUT2D eigenvalue weighted by molar-refractivity contribution is -0.116. The maximum Gasteiger partial charge on any atom is 0.225 e. The average molecular weight is 328 g/mol. The summed E-state index contributed by atoms with van der Waals surface area (Å²) in [5, 5.41) is 7.66. The number of nitrogens with one attached hydrogen (secondary N) is 1. The summed E-state index contributed by atoms with van der Waals surface area (Å²) in [5.74, 6) is 1.72. The van der Waals surface area contributed by atoms with Gasteiger partial charge in [0.25, 0.3) is 0 Å². The van der Waals surface area contributed by atoms with Gasteiger partial charge >= 0.3 is 0 Å². The fourth-order valence-electron chi connectivity index (χ4n) is 3.79. The van der Waals surface area contributed by atoms with Crippen molar-refractivity contribution >= 4 is 17.4 Å². The first-order chi connectivity index (χ1) is 11.5. The quantitative estimate of drug-likeness (QED) is 0.886. The van der Waals surface area contributed by atoms with Gasteiger partial charge in [-0.05, 0) is 38.2 Å². The second-order valence-electron chi connectivity index (χ2n) is 7.43. The lowest BCUT2D eigenvalue weighted by atomic mass is 10.0. The van der Waals surface area contributed by atoms with E-state index in [1.165, 1.54) is 25.7 Å². The molecule has 0 atom stereocenters. The maximum absolute atomic E-state index is 12.4. The molecule has 0 saturated heterocycles. The van der Waals surface area contributed by atoms with E-state index in [0.717, 1.165) is 34.9 Å². The van der Waals surface area contributed by atoms with Crippen LogP contribution in [0.15, 0.2) is 6.07 Å². The standard InChI is InChI=1S/C19H28N4O/c1-12(2)17-18(21-16(24)10-9-15-7-5-6-8-15)22-23-14(4)11-13(3)20-19(17)23/h11-12,15H,5-10H2,1-4H3,(H,21,22,24). The van der Waals surface area contributed by atoms with Crippen molar-refractivity contribution in [2.75, 3.05) is 5.32 Å². The Morgan fingerprint density at radius 2 is 2.04 bits per heavy atom. The molecule has 1 N–H and O–H groups in total. The number of aryl methyl sites for hydroxylation is 2. The topological polar surface area (TPSA) is 59.3 Å². The molecule has 0 aromatic carbocycles. The Kier molecular flexibility index (Phi) is 4.88. The minimum Gasteiger partial charge on any atom is -0.309 e. The van der Waals surface area contributed by atoms with Crippen LogP contribution < -0.4 is 5.32 Å². The SMILES string of the molecule is Cc1cc(C)n2nc(NC(=O)CCC3CCCC3)c(C(C)C)c2n1. The third kappa shape index (κ3) is 3.45. The largest absolute Gasteiger partial charge is 0.309 e. The number of rotatable bonds is 5. The van der Waals surface area contributed by atoms with Crippen LogP contribution in [0.3, 0.4) is 0 Å². The summed E-state index contributed by atoms with van der Waals surface area (Å²) in [6, 6.07) is 2.01. The van der Waals surface area contributed by atoms with Crippen molar-refractivity contribution in [3.8, 4) is 0 Å². The Bertz CT molecular complexity index is 741. The predicted octanol–water partition coefficient (Wildman–Crippen LogP) is 4.38. The molecule has 2 aromatic heterocycles. The highest BCUT2D eigenvalue weighted by atomic mass is 16.1. The van der Waals surface area contributed by atoms with Crippen LogP contribution in [-0.4, -0.2) is 20.5 Å². The number of fused-ring (bicyclic) bond motifs is 1. The highest BCUT2D eigenvalue weighted by molar-refractivity contribution is 5.91. The third-order valence-corrected chi connectivity index (χ3v) is 5.02. The van der Waals surface area contributed by atoms with E-state index < -0.39 is 0 Å². The summed E-state index contributed by atoms with van der Waals surface area (Å²) in [5.41, 5.74) is 3.89. The monoisotopic (exact) mass is 328 g/mol. The van der Waals surface area contributed by atoms with Crippen molar-refractivity contribution in [1.82, 2.24) is 14.6 Å². The van der Waals surface area contributed by atoms with Crippen LogP contribution in [0, 0.1) is 19.8 Å². The first-order valence-electron chi connectivity index (χ1n) is 9.12. The van der Waals surface area contributed by atoms with Gasteiger partial charge in [-0.1, -0.05) is 39.5 Å². The zero-order valence-corrected chi connectivity index (χ0v) is 15.2. The molecule has 3 rings (SSSR count). The lowest BCUT2D eigenvalue weighted by Gasteiger charge is -2.10. The highest BCUT2D eigenvalue weighted by Gasteiger charge is 2.21. The fourth-order valence-corrected chi connectivity index (χ4v) is 3.79. The molecule has 1 fully saturated rings. The molecule has 24 heavy (non-hydrogen) atoms. The van der Waals surface area contributed by atoms with Crippen molar-refractivity contribution in [1.29, 1.82) is 0 Å². The number of anilines is 1. The van der Waals surface area contributed by atoms with Crippen LogP contribution in [0.4, 0.5) is 5.82 Å². The van der Waals surface area contributed by atoms with Crippen LogP contribution in [0.1, 0.15) is 75.2 Å². The minimum atomic E-state index is 0.0709. The van der Waals surface area contributed by atoms with Gasteiger partial charge in [0, 0.05) is 23.4 Å². The number of carbonyl (C=O) groups excluding carboxylic acids is 1. The van der Waals surface area contributed by atoms with E-state index in [1.807, 2.05) is 24.4 Å². The van der Waals surface area contributed by atoms with E-state index in [9.17, 15) is 4.79 Å². The first-order valence-corrected chi connectivity index (χ1v) is 9.12. The number of nitrogens with zero attached hydrogens (tertiary/aromatic N) is 3. The van der Waals surface area contributed by atoms with Gasteiger partial charge in [0.2, 0.25) is 5.91 Å². The van der Waals surface area contributed by atoms with E-state index >= 15 is 0 Å². The molecular weight excluding hydrogens is 300 g/mol. The van der Waals surface area contributed by atoms with Crippen molar-refractivity contribution in [2.45, 2.75) is 72.1 Å². The molecular formula is C19H28N4O. The molecule has 0 aliphatic heterocycles. The van der Waals surface area contributed by atoms with Gasteiger partial charge in [0.1, 0.15) is 0 Å². The Hall–Kier alpha value is -1.91. The molecule has 0 spiro atoms. The molecule has 0 bridgehead atoms. The normalized spacial score (nSPS) is 15.5. The van der Waals surface area contributed by atoms with Crippen LogP contribution in [-0.2, 0) is 4.79 Å². The van der Waals surface area contributed by atoms with Crippen molar-refractivity contribution in [2.24, 2.45) is 5.92 Å². The zero-order chi connectivity index (χ0) is 17.3. The van der Waals surface area contributed by atoms with Gasteiger partial charge in [0.15, 0.2) is 11.5 Å². The third-order valence-electron chi connectivity index (χ3n) is 5.02. The smallest absolute Gasteiger partial charge is 0.225 e. The molecule has 1 aliphatic rings. The molecule has 1 saturated carbocycles. The number of amides is 1. The number of hydrogen-bond acceptors (Lipinski definition) is 3. The van der Waals surface area contributed by atoms with Crippen LogP contribution in [0.5, 0.6) is 0 Å². The maximum atomic E-state index is 12.4. The number of carbonyl (C=O) groups is 1. The molecule has 2 aromatic rings. The first kappa shape index (κ1) is 16.9. The Morgan fingerprint density at radius 1 is 1.33 bits per heavy atom. The van der Waals surface area contributed by atoms with Gasteiger partial charge in [-0.25, -0.2) is 9.50 Å². The number of hydrogen-bond donors (Lipinski definition) is 1. The average Bonchev–Trinajstić information content (AvgIpc) is 3.12. The molecule has 1 aliphatic carbocycles. The summed E-state index contributed by atoms with van der Waals surface area (Å²) >= 11 is 0. The fraction of sp³-hybridized carbons (Fsp3) is 0.632. The molecule has 0 unspecified atom stereocenters. The van der Waals surface area contributed by atoms with Crippen LogP contribution >= 0.6 is 0 Å². The van der Waals surface area contributed by atoms with Crippen molar-refractivity contribution in [3.05, 3.63) is 23.0 Å². The predicted molar refractivity (Wildman–Crippen MR) is 96.4 cm³/mol. The van der Waals surface area contributed by atoms with Crippen molar-refractivity contribution < 1.29 is 4.79 Å². The van der Waals surface area contributed by atoms with E-state index in [2.05, 4.69) is 29.2 Å². The van der Waals surface area contributed by atoms with Gasteiger partial charge in [-0.2, -0.15) is 0 Å². The summed E-state index contributed by atoms with van der Waals surface area (Å²) in [7, 11) is 0. The van der Waals surface area contributed by atoms with Gasteiger partial charge in [-0.15, -0.1) is 5.10 Å².